The van der Waals surface area contributed by atoms with Crippen LogP contribution < -0.4 is 0 Å². The SMILES string of the molecule is O=C(c1ccn[nH]1)N1CC(c2nnc(C(F)(F)c3ccc(Cl)c(Cl)c3)o2)C2(CN(CC3CCCO3)C2)C1. The molecule has 5 heterocycles. The summed E-state index contributed by atoms with van der Waals surface area (Å²) in [7, 11) is 0. The third-order valence-electron chi connectivity index (χ3n) is 7.52. The summed E-state index contributed by atoms with van der Waals surface area (Å²) in [5.41, 5.74) is -0.430. The number of likely N-dealkylation sites (tertiary alicyclic amines) is 2. The minimum atomic E-state index is -3.57. The Balaban J connectivity index is 1.26. The van der Waals surface area contributed by atoms with E-state index in [1.807, 2.05) is 0 Å². The Morgan fingerprint density at radius 1 is 1.19 bits per heavy atom. The number of ether oxygens (including phenoxy) is 1. The van der Waals surface area contributed by atoms with E-state index in [0.29, 0.717) is 25.3 Å². The molecule has 1 amide bonds. The number of carbonyl (C=O) groups is 1. The van der Waals surface area contributed by atoms with E-state index in [1.54, 1.807) is 11.0 Å². The lowest BCUT2D eigenvalue weighted by Crippen LogP contribution is -2.61. The highest BCUT2D eigenvalue weighted by Crippen LogP contribution is 2.50. The number of nitrogens with zero attached hydrogens (tertiary/aromatic N) is 5. The lowest BCUT2D eigenvalue weighted by molar-refractivity contribution is -0.0391. The van der Waals surface area contributed by atoms with Crippen LogP contribution in [0.15, 0.2) is 34.9 Å². The van der Waals surface area contributed by atoms with E-state index >= 15 is 8.78 Å². The number of rotatable bonds is 6. The molecule has 3 aliphatic rings. The number of aromatic amines is 1. The van der Waals surface area contributed by atoms with Gasteiger partial charge >= 0.3 is 5.92 Å². The zero-order chi connectivity index (χ0) is 25.8. The van der Waals surface area contributed by atoms with Gasteiger partial charge in [-0.2, -0.15) is 13.9 Å². The van der Waals surface area contributed by atoms with Crippen molar-refractivity contribution in [1.82, 2.24) is 30.2 Å². The van der Waals surface area contributed by atoms with Crippen LogP contribution in [0.1, 0.15) is 46.6 Å². The summed E-state index contributed by atoms with van der Waals surface area (Å²) >= 11 is 11.8. The summed E-state index contributed by atoms with van der Waals surface area (Å²) in [6.07, 6.45) is 3.78. The molecule has 9 nitrogen and oxygen atoms in total. The van der Waals surface area contributed by atoms with Crippen LogP contribution in [0.3, 0.4) is 0 Å². The number of carbonyl (C=O) groups excluding carboxylic acids is 1. The average Bonchev–Trinajstić information content (AvgIpc) is 3.66. The molecule has 196 valence electrons. The first-order valence-electron chi connectivity index (χ1n) is 12.0. The molecule has 2 aromatic heterocycles. The van der Waals surface area contributed by atoms with Crippen LogP contribution >= 0.6 is 23.2 Å². The Morgan fingerprint density at radius 2 is 2.03 bits per heavy atom. The van der Waals surface area contributed by atoms with Gasteiger partial charge in [0.15, 0.2) is 0 Å². The number of alkyl halides is 2. The molecule has 1 aromatic carbocycles. The van der Waals surface area contributed by atoms with Crippen LogP contribution in [-0.2, 0) is 10.7 Å². The van der Waals surface area contributed by atoms with Gasteiger partial charge in [-0.05, 0) is 31.0 Å². The normalized spacial score (nSPS) is 23.6. The second kappa shape index (κ2) is 9.30. The quantitative estimate of drug-likeness (QED) is 0.494. The zero-order valence-corrected chi connectivity index (χ0v) is 21.2. The van der Waals surface area contributed by atoms with Gasteiger partial charge in [-0.3, -0.25) is 14.8 Å². The predicted molar refractivity (Wildman–Crippen MR) is 129 cm³/mol. The first kappa shape index (κ1) is 24.7. The van der Waals surface area contributed by atoms with Crippen molar-refractivity contribution in [3.8, 4) is 0 Å². The van der Waals surface area contributed by atoms with Crippen LogP contribution in [-0.4, -0.2) is 81.5 Å². The van der Waals surface area contributed by atoms with Gasteiger partial charge in [-0.1, -0.05) is 29.3 Å². The van der Waals surface area contributed by atoms with E-state index in [0.717, 1.165) is 32.1 Å². The molecule has 13 heteroatoms. The Hall–Kier alpha value is -2.60. The molecule has 37 heavy (non-hydrogen) atoms. The highest BCUT2D eigenvalue weighted by atomic mass is 35.5. The molecule has 3 saturated heterocycles. The molecule has 2 atom stereocenters. The number of H-pyrrole nitrogens is 1. The summed E-state index contributed by atoms with van der Waals surface area (Å²) in [6.45, 7) is 3.63. The number of nitrogens with one attached hydrogen (secondary N) is 1. The number of halogens is 4. The van der Waals surface area contributed by atoms with Crippen molar-refractivity contribution in [2.45, 2.75) is 30.8 Å². The first-order valence-corrected chi connectivity index (χ1v) is 12.8. The van der Waals surface area contributed by atoms with Crippen LogP contribution in [0, 0.1) is 5.41 Å². The molecule has 1 N–H and O–H groups in total. The Labute approximate surface area is 221 Å². The fourth-order valence-corrected chi connectivity index (χ4v) is 5.99. The monoisotopic (exact) mass is 552 g/mol. The van der Waals surface area contributed by atoms with E-state index < -0.39 is 28.7 Å². The van der Waals surface area contributed by atoms with Gasteiger partial charge in [0.05, 0.1) is 22.1 Å². The molecule has 0 bridgehead atoms. The predicted octanol–water partition coefficient (Wildman–Crippen LogP) is 3.96. The summed E-state index contributed by atoms with van der Waals surface area (Å²) in [5.74, 6) is -4.91. The fraction of sp³-hybridized carbons (Fsp3) is 0.500. The number of aromatic nitrogens is 4. The van der Waals surface area contributed by atoms with E-state index in [4.69, 9.17) is 32.4 Å². The Bertz CT molecular complexity index is 1290. The molecule has 0 aliphatic carbocycles. The largest absolute Gasteiger partial charge is 0.419 e. The summed E-state index contributed by atoms with van der Waals surface area (Å²) < 4.78 is 41.9. The van der Waals surface area contributed by atoms with Crippen LogP contribution in [0.2, 0.25) is 10.0 Å². The van der Waals surface area contributed by atoms with Gasteiger partial charge in [0.2, 0.25) is 5.89 Å². The van der Waals surface area contributed by atoms with Crippen molar-refractivity contribution in [3.63, 3.8) is 0 Å². The van der Waals surface area contributed by atoms with Gasteiger partial charge in [0.25, 0.3) is 11.8 Å². The zero-order valence-electron chi connectivity index (χ0n) is 19.7. The standard InChI is InChI=1S/C24H24Cl2F2N6O3/c25-17-4-3-14(8-18(17)26)24(27,28)22-32-31-20(37-22)16-10-34(21(35)19-5-6-29-30-19)13-23(16)11-33(12-23)9-15-2-1-7-36-15/h3-6,8,15-16H,1-2,7,9-13H2,(H,29,30). The van der Waals surface area contributed by atoms with Crippen LogP contribution in [0.4, 0.5) is 8.78 Å². The van der Waals surface area contributed by atoms with Crippen molar-refractivity contribution in [2.24, 2.45) is 5.41 Å². The Kier molecular flexibility index (Phi) is 6.21. The van der Waals surface area contributed by atoms with Crippen molar-refractivity contribution in [2.75, 3.05) is 39.3 Å². The van der Waals surface area contributed by atoms with Crippen molar-refractivity contribution in [1.29, 1.82) is 0 Å². The van der Waals surface area contributed by atoms with Crippen LogP contribution in [0.5, 0.6) is 0 Å². The van der Waals surface area contributed by atoms with E-state index in [9.17, 15) is 4.79 Å². The molecule has 1 spiro atoms. The lowest BCUT2D eigenvalue weighted by atomic mass is 9.71. The molecule has 3 fully saturated rings. The van der Waals surface area contributed by atoms with Crippen LogP contribution in [0.25, 0.3) is 0 Å². The minimum absolute atomic E-state index is 0.00193. The molecule has 0 saturated carbocycles. The summed E-state index contributed by atoms with van der Waals surface area (Å²) in [4.78, 5) is 17.1. The molecule has 6 rings (SSSR count). The number of benzene rings is 1. The first-order chi connectivity index (χ1) is 17.7. The highest BCUT2D eigenvalue weighted by molar-refractivity contribution is 6.42. The number of hydrogen-bond acceptors (Lipinski definition) is 7. The van der Waals surface area contributed by atoms with Gasteiger partial charge in [0, 0.05) is 56.5 Å². The van der Waals surface area contributed by atoms with Crippen molar-refractivity contribution < 1.29 is 22.7 Å². The summed E-state index contributed by atoms with van der Waals surface area (Å²) in [6, 6.07) is 5.17. The fourth-order valence-electron chi connectivity index (χ4n) is 5.70. The third-order valence-corrected chi connectivity index (χ3v) is 8.26. The third kappa shape index (κ3) is 4.41. The minimum Gasteiger partial charge on any atom is -0.419 e. The molecule has 3 aromatic rings. The van der Waals surface area contributed by atoms with Gasteiger partial charge in [-0.25, -0.2) is 0 Å². The van der Waals surface area contributed by atoms with E-state index in [-0.39, 0.29) is 34.5 Å². The number of hydrogen-bond donors (Lipinski definition) is 1. The molecular formula is C24H24Cl2F2N6O3. The molecule has 3 aliphatic heterocycles. The smallest absolute Gasteiger partial charge is 0.349 e. The van der Waals surface area contributed by atoms with E-state index in [2.05, 4.69) is 25.3 Å². The van der Waals surface area contributed by atoms with E-state index in [1.165, 1.54) is 18.3 Å². The maximum atomic E-state index is 15.3. The van der Waals surface area contributed by atoms with Crippen molar-refractivity contribution in [3.05, 3.63) is 63.5 Å². The lowest BCUT2D eigenvalue weighted by Gasteiger charge is -2.50. The van der Waals surface area contributed by atoms with Gasteiger partial charge in [-0.15, -0.1) is 10.2 Å². The number of amides is 1. The van der Waals surface area contributed by atoms with Crippen molar-refractivity contribution >= 4 is 29.1 Å². The Morgan fingerprint density at radius 3 is 2.73 bits per heavy atom. The van der Waals surface area contributed by atoms with Gasteiger partial charge in [0.1, 0.15) is 5.69 Å². The van der Waals surface area contributed by atoms with Gasteiger partial charge < -0.3 is 14.1 Å². The second-order valence-corrected chi connectivity index (χ2v) is 10.8. The molecule has 2 unspecified atom stereocenters. The average molecular weight is 553 g/mol. The highest BCUT2D eigenvalue weighted by Gasteiger charge is 2.58. The maximum Gasteiger partial charge on any atom is 0.349 e. The molecule has 0 radical (unpaired) electrons. The maximum absolute atomic E-state index is 15.3. The second-order valence-electron chi connectivity index (χ2n) is 10.0. The summed E-state index contributed by atoms with van der Waals surface area (Å²) in [5, 5.41) is 14.5. The topological polar surface area (TPSA) is 100 Å². The molecular weight excluding hydrogens is 529 g/mol.